The van der Waals surface area contributed by atoms with Gasteiger partial charge in [0.05, 0.1) is 22.7 Å². The summed E-state index contributed by atoms with van der Waals surface area (Å²) in [6, 6.07) is 11.9. The van der Waals surface area contributed by atoms with E-state index in [1.165, 1.54) is 0 Å². The molecule has 0 heterocycles. The fourth-order valence-corrected chi connectivity index (χ4v) is 2.19. The van der Waals surface area contributed by atoms with Crippen LogP contribution in [-0.2, 0) is 0 Å². The summed E-state index contributed by atoms with van der Waals surface area (Å²) < 4.78 is 5.08. The van der Waals surface area contributed by atoms with Crippen LogP contribution in [0.3, 0.4) is 0 Å². The molecule has 0 bridgehead atoms. The maximum absolute atomic E-state index is 12.3. The van der Waals surface area contributed by atoms with E-state index in [0.29, 0.717) is 26.9 Å². The van der Waals surface area contributed by atoms with Crippen LogP contribution in [-0.4, -0.2) is 12.9 Å². The number of carbonyl (C=O) groups is 1. The first-order valence-corrected chi connectivity index (χ1v) is 6.02. The second-order valence-electron chi connectivity index (χ2n) is 3.66. The van der Waals surface area contributed by atoms with E-state index in [9.17, 15) is 4.79 Å². The van der Waals surface area contributed by atoms with Gasteiger partial charge in [-0.2, -0.15) is 0 Å². The standard InChI is InChI=1S/C14H10Cl2O2/c1-18-10-5-2-4-9(8-10)14(17)13-11(15)6-3-7-12(13)16/h2-8H,1H3. The summed E-state index contributed by atoms with van der Waals surface area (Å²) in [7, 11) is 1.55. The minimum Gasteiger partial charge on any atom is -0.497 e. The second-order valence-corrected chi connectivity index (χ2v) is 4.47. The molecule has 2 rings (SSSR count). The van der Waals surface area contributed by atoms with Gasteiger partial charge >= 0.3 is 0 Å². The molecule has 2 aromatic rings. The third-order valence-corrected chi connectivity index (χ3v) is 3.15. The zero-order valence-electron chi connectivity index (χ0n) is 9.61. The number of ketones is 1. The lowest BCUT2D eigenvalue weighted by Gasteiger charge is -2.07. The van der Waals surface area contributed by atoms with E-state index in [-0.39, 0.29) is 5.78 Å². The molecule has 92 valence electrons. The maximum atomic E-state index is 12.3. The molecule has 0 saturated heterocycles. The van der Waals surface area contributed by atoms with Crippen molar-refractivity contribution in [2.45, 2.75) is 0 Å². The lowest BCUT2D eigenvalue weighted by atomic mass is 10.0. The van der Waals surface area contributed by atoms with Crippen LogP contribution in [0.5, 0.6) is 5.75 Å². The Morgan fingerprint density at radius 3 is 2.28 bits per heavy atom. The maximum Gasteiger partial charge on any atom is 0.196 e. The molecule has 0 spiro atoms. The van der Waals surface area contributed by atoms with Gasteiger partial charge in [-0.1, -0.05) is 41.4 Å². The van der Waals surface area contributed by atoms with Gasteiger partial charge in [-0.15, -0.1) is 0 Å². The zero-order chi connectivity index (χ0) is 13.1. The largest absolute Gasteiger partial charge is 0.497 e. The highest BCUT2D eigenvalue weighted by Gasteiger charge is 2.16. The van der Waals surface area contributed by atoms with Crippen molar-refractivity contribution in [1.82, 2.24) is 0 Å². The summed E-state index contributed by atoms with van der Waals surface area (Å²) in [6.45, 7) is 0. The monoisotopic (exact) mass is 280 g/mol. The van der Waals surface area contributed by atoms with Gasteiger partial charge in [0.15, 0.2) is 5.78 Å². The number of ether oxygens (including phenoxy) is 1. The Morgan fingerprint density at radius 2 is 1.67 bits per heavy atom. The van der Waals surface area contributed by atoms with Gasteiger partial charge in [0.2, 0.25) is 0 Å². The highest BCUT2D eigenvalue weighted by Crippen LogP contribution is 2.27. The number of benzene rings is 2. The van der Waals surface area contributed by atoms with Crippen molar-refractivity contribution in [3.63, 3.8) is 0 Å². The Bertz CT molecular complexity index is 574. The molecule has 2 aromatic carbocycles. The number of halogens is 2. The molecular formula is C14H10Cl2O2. The van der Waals surface area contributed by atoms with Crippen LogP contribution in [0.1, 0.15) is 15.9 Å². The molecule has 0 N–H and O–H groups in total. The molecule has 0 amide bonds. The highest BCUT2D eigenvalue weighted by atomic mass is 35.5. The van der Waals surface area contributed by atoms with E-state index < -0.39 is 0 Å². The van der Waals surface area contributed by atoms with Gasteiger partial charge in [-0.25, -0.2) is 0 Å². The highest BCUT2D eigenvalue weighted by molar-refractivity contribution is 6.41. The molecule has 2 nitrogen and oxygen atoms in total. The van der Waals surface area contributed by atoms with Crippen LogP contribution >= 0.6 is 23.2 Å². The number of rotatable bonds is 3. The van der Waals surface area contributed by atoms with E-state index in [0.717, 1.165) is 0 Å². The summed E-state index contributed by atoms with van der Waals surface area (Å²) in [5.41, 5.74) is 0.804. The smallest absolute Gasteiger partial charge is 0.196 e. The van der Waals surface area contributed by atoms with Crippen molar-refractivity contribution < 1.29 is 9.53 Å². The average molecular weight is 281 g/mol. The van der Waals surface area contributed by atoms with Crippen molar-refractivity contribution in [1.29, 1.82) is 0 Å². The predicted octanol–water partition coefficient (Wildman–Crippen LogP) is 4.23. The van der Waals surface area contributed by atoms with Gasteiger partial charge in [-0.05, 0) is 24.3 Å². The SMILES string of the molecule is COc1cccc(C(=O)c2c(Cl)cccc2Cl)c1. The Kier molecular flexibility index (Phi) is 3.90. The number of carbonyl (C=O) groups excluding carboxylic acids is 1. The Hall–Kier alpha value is -1.51. The molecule has 0 aliphatic carbocycles. The van der Waals surface area contributed by atoms with Crippen LogP contribution in [0.4, 0.5) is 0 Å². The van der Waals surface area contributed by atoms with Crippen LogP contribution in [0.2, 0.25) is 10.0 Å². The molecule has 0 saturated carbocycles. The van der Waals surface area contributed by atoms with E-state index in [1.807, 2.05) is 0 Å². The van der Waals surface area contributed by atoms with Gasteiger partial charge in [0.25, 0.3) is 0 Å². The van der Waals surface area contributed by atoms with Gasteiger partial charge in [0.1, 0.15) is 5.75 Å². The average Bonchev–Trinajstić information content (AvgIpc) is 2.38. The van der Waals surface area contributed by atoms with Crippen molar-refractivity contribution >= 4 is 29.0 Å². The van der Waals surface area contributed by atoms with Crippen LogP contribution < -0.4 is 4.74 Å². The number of methoxy groups -OCH3 is 1. The fraction of sp³-hybridized carbons (Fsp3) is 0.0714. The minimum atomic E-state index is -0.218. The molecule has 0 radical (unpaired) electrons. The summed E-state index contributed by atoms with van der Waals surface area (Å²) in [5.74, 6) is 0.397. The first kappa shape index (κ1) is 12.9. The lowest BCUT2D eigenvalue weighted by molar-refractivity contribution is 0.103. The third-order valence-electron chi connectivity index (χ3n) is 2.52. The van der Waals surface area contributed by atoms with Crippen molar-refractivity contribution in [3.05, 3.63) is 63.6 Å². The third kappa shape index (κ3) is 2.50. The second kappa shape index (κ2) is 5.42. The van der Waals surface area contributed by atoms with Gasteiger partial charge in [0, 0.05) is 5.56 Å². The van der Waals surface area contributed by atoms with E-state index >= 15 is 0 Å². The predicted molar refractivity (Wildman–Crippen MR) is 72.9 cm³/mol. The Morgan fingerprint density at radius 1 is 1.06 bits per heavy atom. The Labute approximate surface area is 115 Å². The molecule has 0 atom stereocenters. The van der Waals surface area contributed by atoms with Gasteiger partial charge in [-0.3, -0.25) is 4.79 Å². The number of hydrogen-bond acceptors (Lipinski definition) is 2. The normalized spacial score (nSPS) is 10.2. The topological polar surface area (TPSA) is 26.3 Å². The molecule has 0 aromatic heterocycles. The molecule has 4 heteroatoms. The molecular weight excluding hydrogens is 271 g/mol. The van der Waals surface area contributed by atoms with Crippen molar-refractivity contribution in [2.24, 2.45) is 0 Å². The summed E-state index contributed by atoms with van der Waals surface area (Å²) in [4.78, 5) is 12.3. The minimum absolute atomic E-state index is 0.218. The lowest BCUT2D eigenvalue weighted by Crippen LogP contribution is -2.03. The first-order valence-electron chi connectivity index (χ1n) is 5.26. The molecule has 0 unspecified atom stereocenters. The van der Waals surface area contributed by atoms with E-state index in [1.54, 1.807) is 49.6 Å². The molecule has 0 aliphatic rings. The molecule has 0 fully saturated rings. The van der Waals surface area contributed by atoms with Crippen LogP contribution in [0.25, 0.3) is 0 Å². The van der Waals surface area contributed by atoms with E-state index in [2.05, 4.69) is 0 Å². The molecule has 0 aliphatic heterocycles. The van der Waals surface area contributed by atoms with Gasteiger partial charge < -0.3 is 4.74 Å². The molecule has 18 heavy (non-hydrogen) atoms. The summed E-state index contributed by atoms with van der Waals surface area (Å²) >= 11 is 12.0. The first-order chi connectivity index (χ1) is 8.63. The Balaban J connectivity index is 2.48. The number of hydrogen-bond donors (Lipinski definition) is 0. The quantitative estimate of drug-likeness (QED) is 0.787. The summed E-state index contributed by atoms with van der Waals surface area (Å²) in [5, 5.41) is 0.686. The zero-order valence-corrected chi connectivity index (χ0v) is 11.1. The van der Waals surface area contributed by atoms with Crippen molar-refractivity contribution in [3.8, 4) is 5.75 Å². The van der Waals surface area contributed by atoms with Crippen LogP contribution in [0, 0.1) is 0 Å². The van der Waals surface area contributed by atoms with E-state index in [4.69, 9.17) is 27.9 Å². The fourth-order valence-electron chi connectivity index (χ4n) is 1.62. The summed E-state index contributed by atoms with van der Waals surface area (Å²) in [6.07, 6.45) is 0. The van der Waals surface area contributed by atoms with Crippen LogP contribution in [0.15, 0.2) is 42.5 Å². The van der Waals surface area contributed by atoms with Crippen molar-refractivity contribution in [2.75, 3.05) is 7.11 Å².